The number of pyridine rings is 1. The van der Waals surface area contributed by atoms with Gasteiger partial charge in [-0.05, 0) is 67.1 Å². The minimum absolute atomic E-state index is 0.254. The normalized spacial score (nSPS) is 11.1. The van der Waals surface area contributed by atoms with Crippen LogP contribution >= 0.6 is 0 Å². The van der Waals surface area contributed by atoms with Crippen LogP contribution in [0.3, 0.4) is 0 Å². The van der Waals surface area contributed by atoms with Crippen molar-refractivity contribution in [1.82, 2.24) is 4.98 Å². The van der Waals surface area contributed by atoms with Crippen LogP contribution in [0.15, 0.2) is 67.0 Å². The number of nitrogens with zero attached hydrogens (tertiary/aromatic N) is 1. The smallest absolute Gasteiger partial charge is 0.416 e. The van der Waals surface area contributed by atoms with Crippen molar-refractivity contribution in [3.8, 4) is 11.5 Å². The van der Waals surface area contributed by atoms with Gasteiger partial charge >= 0.3 is 6.18 Å². The van der Waals surface area contributed by atoms with Crippen LogP contribution in [0.25, 0.3) is 0 Å². The van der Waals surface area contributed by atoms with Crippen LogP contribution in [0.2, 0.25) is 0 Å². The summed E-state index contributed by atoms with van der Waals surface area (Å²) in [5.41, 5.74) is 0.685. The zero-order valence-corrected chi connectivity index (χ0v) is 16.1. The summed E-state index contributed by atoms with van der Waals surface area (Å²) in [6.45, 7) is 2.48. The third-order valence-electron chi connectivity index (χ3n) is 4.12. The highest BCUT2D eigenvalue weighted by Crippen LogP contribution is 2.31. The highest BCUT2D eigenvalue weighted by Gasteiger charge is 2.30. The summed E-state index contributed by atoms with van der Waals surface area (Å²) in [5.74, 6) is 0.391. The number of benzene rings is 2. The van der Waals surface area contributed by atoms with Gasteiger partial charge in [0.15, 0.2) is 11.5 Å². The summed E-state index contributed by atoms with van der Waals surface area (Å²) in [4.78, 5) is 16.5. The van der Waals surface area contributed by atoms with Gasteiger partial charge in [0.25, 0.3) is 5.91 Å². The number of nitrogens with one attached hydrogen (secondary N) is 1. The van der Waals surface area contributed by atoms with Gasteiger partial charge in [0.2, 0.25) is 0 Å². The van der Waals surface area contributed by atoms with Gasteiger partial charge in [-0.3, -0.25) is 9.78 Å². The molecule has 0 fully saturated rings. The molecule has 1 amide bonds. The van der Waals surface area contributed by atoms with E-state index in [9.17, 15) is 18.0 Å². The van der Waals surface area contributed by atoms with E-state index in [2.05, 4.69) is 10.3 Å². The lowest BCUT2D eigenvalue weighted by Crippen LogP contribution is -2.13. The van der Waals surface area contributed by atoms with Crippen molar-refractivity contribution in [1.29, 1.82) is 0 Å². The molecule has 0 saturated carbocycles. The molecule has 30 heavy (non-hydrogen) atoms. The molecular weight excluding hydrogens is 397 g/mol. The number of carbonyl (C=O) groups is 1. The Balaban J connectivity index is 1.72. The Labute approximate surface area is 171 Å². The summed E-state index contributed by atoms with van der Waals surface area (Å²) >= 11 is 0. The molecular formula is C22H19F3N2O3. The minimum Gasteiger partial charge on any atom is -0.490 e. The maximum absolute atomic E-state index is 12.7. The zero-order valence-electron chi connectivity index (χ0n) is 16.1. The Morgan fingerprint density at radius 1 is 0.967 bits per heavy atom. The first-order valence-electron chi connectivity index (χ1n) is 9.14. The highest BCUT2D eigenvalue weighted by atomic mass is 19.4. The molecule has 8 heteroatoms. The van der Waals surface area contributed by atoms with Crippen molar-refractivity contribution in [3.63, 3.8) is 0 Å². The summed E-state index contributed by atoms with van der Waals surface area (Å²) in [5, 5.41) is 2.57. The standard InChI is InChI=1S/C22H19F3N2O3/c1-2-29-20-13-16(3-8-19(20)30-14-15-9-11-26-12-10-15)21(28)27-18-6-4-17(5-7-18)22(23,24)25/h3-13H,2,14H2,1H3,(H,27,28). The topological polar surface area (TPSA) is 60.5 Å². The second kappa shape index (κ2) is 9.30. The van der Waals surface area contributed by atoms with Gasteiger partial charge < -0.3 is 14.8 Å². The molecule has 5 nitrogen and oxygen atoms in total. The molecule has 2 aromatic carbocycles. The summed E-state index contributed by atoms with van der Waals surface area (Å²) < 4.78 is 49.3. The fraction of sp³-hybridized carbons (Fsp3) is 0.182. The molecule has 0 aliphatic heterocycles. The molecule has 0 saturated heterocycles. The van der Waals surface area contributed by atoms with Crippen LogP contribution in [-0.2, 0) is 12.8 Å². The summed E-state index contributed by atoms with van der Waals surface area (Å²) in [6.07, 6.45) is -1.10. The van der Waals surface area contributed by atoms with Crippen molar-refractivity contribution in [2.24, 2.45) is 0 Å². The van der Waals surface area contributed by atoms with Crippen molar-refractivity contribution >= 4 is 11.6 Å². The van der Waals surface area contributed by atoms with Crippen LogP contribution in [0.5, 0.6) is 11.5 Å². The quantitative estimate of drug-likeness (QED) is 0.566. The molecule has 3 aromatic rings. The number of ether oxygens (including phenoxy) is 2. The van der Waals surface area contributed by atoms with E-state index in [4.69, 9.17) is 9.47 Å². The maximum Gasteiger partial charge on any atom is 0.416 e. The number of amides is 1. The Morgan fingerprint density at radius 3 is 2.30 bits per heavy atom. The van der Waals surface area contributed by atoms with Gasteiger partial charge in [0.05, 0.1) is 12.2 Å². The Hall–Kier alpha value is -3.55. The van der Waals surface area contributed by atoms with Crippen LogP contribution in [0.4, 0.5) is 18.9 Å². The first-order valence-corrected chi connectivity index (χ1v) is 9.14. The van der Waals surface area contributed by atoms with E-state index in [1.165, 1.54) is 18.2 Å². The fourth-order valence-electron chi connectivity index (χ4n) is 2.62. The third-order valence-corrected chi connectivity index (χ3v) is 4.12. The number of rotatable bonds is 7. The molecule has 1 N–H and O–H groups in total. The van der Waals surface area contributed by atoms with Crippen LogP contribution < -0.4 is 14.8 Å². The van der Waals surface area contributed by atoms with Gasteiger partial charge in [-0.2, -0.15) is 13.2 Å². The molecule has 156 valence electrons. The first kappa shape index (κ1) is 21.2. The molecule has 0 bridgehead atoms. The molecule has 3 rings (SSSR count). The number of carbonyl (C=O) groups excluding carboxylic acids is 1. The fourth-order valence-corrected chi connectivity index (χ4v) is 2.62. The third kappa shape index (κ3) is 5.50. The van der Waals surface area contributed by atoms with Crippen molar-refractivity contribution in [2.75, 3.05) is 11.9 Å². The van der Waals surface area contributed by atoms with Gasteiger partial charge in [-0.1, -0.05) is 0 Å². The van der Waals surface area contributed by atoms with Gasteiger partial charge in [-0.25, -0.2) is 0 Å². The second-order valence-electron chi connectivity index (χ2n) is 6.27. The van der Waals surface area contributed by atoms with E-state index in [0.29, 0.717) is 24.7 Å². The summed E-state index contributed by atoms with van der Waals surface area (Å²) in [7, 11) is 0. The lowest BCUT2D eigenvalue weighted by Gasteiger charge is -2.14. The molecule has 0 spiro atoms. The molecule has 1 aromatic heterocycles. The van der Waals surface area contributed by atoms with Crippen LogP contribution in [0.1, 0.15) is 28.4 Å². The number of anilines is 1. The molecule has 0 radical (unpaired) electrons. The lowest BCUT2D eigenvalue weighted by atomic mass is 10.1. The minimum atomic E-state index is -4.43. The van der Waals surface area contributed by atoms with Crippen molar-refractivity contribution < 1.29 is 27.4 Å². The van der Waals surface area contributed by atoms with Crippen LogP contribution in [0, 0.1) is 0 Å². The SMILES string of the molecule is CCOc1cc(C(=O)Nc2ccc(C(F)(F)F)cc2)ccc1OCc1ccncc1. The number of hydrogen-bond donors (Lipinski definition) is 1. The number of hydrogen-bond acceptors (Lipinski definition) is 4. The molecule has 0 aliphatic carbocycles. The number of alkyl halides is 3. The van der Waals surface area contributed by atoms with Gasteiger partial charge in [0, 0.05) is 23.6 Å². The second-order valence-corrected chi connectivity index (χ2v) is 6.27. The average Bonchev–Trinajstić information content (AvgIpc) is 2.73. The van der Waals surface area contributed by atoms with Gasteiger partial charge in [-0.15, -0.1) is 0 Å². The largest absolute Gasteiger partial charge is 0.490 e. The van der Waals surface area contributed by atoms with E-state index in [1.54, 1.807) is 24.5 Å². The zero-order chi connectivity index (χ0) is 21.6. The van der Waals surface area contributed by atoms with E-state index in [-0.39, 0.29) is 11.3 Å². The molecule has 0 atom stereocenters. The summed E-state index contributed by atoms with van der Waals surface area (Å²) in [6, 6.07) is 12.6. The number of aromatic nitrogens is 1. The van der Waals surface area contributed by atoms with Crippen molar-refractivity contribution in [2.45, 2.75) is 19.7 Å². The van der Waals surface area contributed by atoms with Crippen molar-refractivity contribution in [3.05, 3.63) is 83.7 Å². The predicted octanol–water partition coefficient (Wildman–Crippen LogP) is 5.33. The number of halogens is 3. The Kier molecular flexibility index (Phi) is 6.56. The predicted molar refractivity (Wildman–Crippen MR) is 106 cm³/mol. The van der Waals surface area contributed by atoms with Gasteiger partial charge in [0.1, 0.15) is 6.61 Å². The molecule has 0 aliphatic rings. The maximum atomic E-state index is 12.7. The molecule has 0 unspecified atom stereocenters. The van der Waals surface area contributed by atoms with E-state index >= 15 is 0 Å². The molecule has 1 heterocycles. The lowest BCUT2D eigenvalue weighted by molar-refractivity contribution is -0.137. The highest BCUT2D eigenvalue weighted by molar-refractivity contribution is 6.04. The van der Waals surface area contributed by atoms with E-state index in [1.807, 2.05) is 19.1 Å². The first-order chi connectivity index (χ1) is 14.4. The van der Waals surface area contributed by atoms with E-state index < -0.39 is 17.6 Å². The van der Waals surface area contributed by atoms with Crippen LogP contribution in [-0.4, -0.2) is 17.5 Å². The van der Waals surface area contributed by atoms with E-state index in [0.717, 1.165) is 17.7 Å². The Bertz CT molecular complexity index is 991. The Morgan fingerprint density at radius 2 is 1.67 bits per heavy atom. The monoisotopic (exact) mass is 416 g/mol. The average molecular weight is 416 g/mol.